The molecule has 8 heteroatoms. The Morgan fingerprint density at radius 2 is 1.68 bits per heavy atom. The second kappa shape index (κ2) is 10.8. The molecule has 158 valence electrons. The van der Waals surface area contributed by atoms with Gasteiger partial charge in [-0.25, -0.2) is 0 Å². The summed E-state index contributed by atoms with van der Waals surface area (Å²) in [5, 5.41) is 8.81. The molecule has 1 saturated heterocycles. The molecule has 0 bridgehead atoms. The van der Waals surface area contributed by atoms with Crippen molar-refractivity contribution in [2.75, 3.05) is 6.54 Å². The van der Waals surface area contributed by atoms with E-state index in [1.807, 2.05) is 36.4 Å². The van der Waals surface area contributed by atoms with Crippen LogP contribution in [0.3, 0.4) is 0 Å². The van der Waals surface area contributed by atoms with Crippen LogP contribution in [-0.2, 0) is 15.0 Å². The number of carbonyl (C=O) groups is 2. The summed E-state index contributed by atoms with van der Waals surface area (Å²) >= 11 is 6.39. The smallest absolute Gasteiger partial charge is 1.00 e. The molecule has 2 aromatic rings. The Bertz CT molecular complexity index is 1000. The van der Waals surface area contributed by atoms with Gasteiger partial charge >= 0.3 is 35.5 Å². The van der Waals surface area contributed by atoms with Crippen LogP contribution in [0.5, 0.6) is 11.5 Å². The van der Waals surface area contributed by atoms with E-state index in [0.717, 1.165) is 11.3 Å². The molecule has 0 aromatic heterocycles. The van der Waals surface area contributed by atoms with E-state index in [9.17, 15) is 9.59 Å². The number of ether oxygens (including phenoxy) is 1. The quantitative estimate of drug-likeness (QED) is 0.402. The van der Waals surface area contributed by atoms with Crippen molar-refractivity contribution in [3.8, 4) is 11.5 Å². The third-order valence-corrected chi connectivity index (χ3v) is 5.93. The topological polar surface area (TPSA) is 66.8 Å². The van der Waals surface area contributed by atoms with Crippen molar-refractivity contribution in [3.63, 3.8) is 0 Å². The van der Waals surface area contributed by atoms with E-state index in [4.69, 9.17) is 22.1 Å². The zero-order chi connectivity index (χ0) is 21.9. The Labute approximate surface area is 215 Å². The molecule has 0 radical (unpaired) electrons. The van der Waals surface area contributed by atoms with Crippen molar-refractivity contribution in [2.24, 2.45) is 0 Å². The maximum absolute atomic E-state index is 12.5. The standard InChI is InChI=1S/C23H23NO4S2.Na.H/c1-23(2,3)16-6-10-18(11-7-16)28-17-8-4-15(5-9-17)14-19-21(27)24(22(29)30-19)13-12-20(25)26;;/h4-11,14H,12-13H2,1-3H3,(H,25,26);;/q;+1;-1/b19-14+;;. The van der Waals surface area contributed by atoms with Crippen molar-refractivity contribution in [2.45, 2.75) is 32.6 Å². The third-order valence-electron chi connectivity index (χ3n) is 4.56. The van der Waals surface area contributed by atoms with Gasteiger partial charge in [-0.3, -0.25) is 14.5 Å². The van der Waals surface area contributed by atoms with Crippen LogP contribution in [0.4, 0.5) is 0 Å². The van der Waals surface area contributed by atoms with Crippen molar-refractivity contribution in [1.82, 2.24) is 4.90 Å². The molecule has 1 fully saturated rings. The van der Waals surface area contributed by atoms with Gasteiger partial charge in [0.25, 0.3) is 5.91 Å². The number of benzene rings is 2. The van der Waals surface area contributed by atoms with Gasteiger partial charge < -0.3 is 11.3 Å². The maximum atomic E-state index is 12.5. The van der Waals surface area contributed by atoms with Crippen LogP contribution in [0.15, 0.2) is 53.4 Å². The van der Waals surface area contributed by atoms with Gasteiger partial charge in [0.05, 0.1) is 11.3 Å². The van der Waals surface area contributed by atoms with Crippen LogP contribution >= 0.6 is 24.0 Å². The monoisotopic (exact) mass is 465 g/mol. The Balaban J connectivity index is 0.00000256. The summed E-state index contributed by atoms with van der Waals surface area (Å²) in [6, 6.07) is 15.5. The first-order valence-corrected chi connectivity index (χ1v) is 10.7. The molecular formula is C23H24NNaO4S2. The minimum absolute atomic E-state index is 0. The van der Waals surface area contributed by atoms with Gasteiger partial charge in [-0.15, -0.1) is 0 Å². The second-order valence-corrected chi connectivity index (χ2v) is 9.60. The van der Waals surface area contributed by atoms with E-state index < -0.39 is 5.97 Å². The average Bonchev–Trinajstić information content (AvgIpc) is 2.94. The van der Waals surface area contributed by atoms with E-state index in [0.29, 0.717) is 15.0 Å². The van der Waals surface area contributed by atoms with E-state index in [1.165, 1.54) is 22.2 Å². The number of thiocarbonyl (C=S) groups is 1. The van der Waals surface area contributed by atoms with Gasteiger partial charge in [0.2, 0.25) is 0 Å². The van der Waals surface area contributed by atoms with E-state index >= 15 is 0 Å². The molecule has 0 atom stereocenters. The number of hydrogen-bond donors (Lipinski definition) is 1. The molecule has 31 heavy (non-hydrogen) atoms. The van der Waals surface area contributed by atoms with Gasteiger partial charge in [-0.05, 0) is 46.9 Å². The number of carboxylic acids is 1. The molecule has 1 amide bonds. The predicted octanol–water partition coefficient (Wildman–Crippen LogP) is 2.57. The molecule has 1 aliphatic rings. The van der Waals surface area contributed by atoms with E-state index in [1.54, 1.807) is 6.08 Å². The Kier molecular flexibility index (Phi) is 8.92. The fourth-order valence-corrected chi connectivity index (χ4v) is 4.15. The van der Waals surface area contributed by atoms with Gasteiger partial charge in [0.15, 0.2) is 0 Å². The van der Waals surface area contributed by atoms with E-state index in [2.05, 4.69) is 32.9 Å². The second-order valence-electron chi connectivity index (χ2n) is 7.92. The van der Waals surface area contributed by atoms with Crippen molar-refractivity contribution in [1.29, 1.82) is 0 Å². The van der Waals surface area contributed by atoms with Crippen LogP contribution in [-0.4, -0.2) is 32.7 Å². The summed E-state index contributed by atoms with van der Waals surface area (Å²) in [7, 11) is 0. The van der Waals surface area contributed by atoms with Gasteiger partial charge in [-0.1, -0.05) is 69.0 Å². The minimum atomic E-state index is -0.961. The predicted molar refractivity (Wildman–Crippen MR) is 125 cm³/mol. The van der Waals surface area contributed by atoms with Crippen molar-refractivity contribution < 1.29 is 50.4 Å². The first-order chi connectivity index (χ1) is 14.1. The molecular weight excluding hydrogens is 441 g/mol. The number of aliphatic carboxylic acids is 1. The normalized spacial score (nSPS) is 15.2. The van der Waals surface area contributed by atoms with Crippen LogP contribution in [0.25, 0.3) is 6.08 Å². The Hall–Kier alpha value is -1.64. The molecule has 1 heterocycles. The molecule has 1 aliphatic heterocycles. The molecule has 5 nitrogen and oxygen atoms in total. The number of nitrogens with zero attached hydrogens (tertiary/aromatic N) is 1. The molecule has 0 spiro atoms. The summed E-state index contributed by atoms with van der Waals surface area (Å²) in [5.41, 5.74) is 2.17. The minimum Gasteiger partial charge on any atom is -1.00 e. The number of carboxylic acid groups (broad SMARTS) is 1. The summed E-state index contributed by atoms with van der Waals surface area (Å²) in [6.07, 6.45) is 1.62. The Morgan fingerprint density at radius 3 is 2.19 bits per heavy atom. The zero-order valence-electron chi connectivity index (χ0n) is 19.0. The number of hydrogen-bond acceptors (Lipinski definition) is 5. The van der Waals surface area contributed by atoms with Gasteiger partial charge in [-0.2, -0.15) is 0 Å². The first kappa shape index (κ1) is 25.6. The van der Waals surface area contributed by atoms with Crippen molar-refractivity contribution >= 4 is 46.3 Å². The molecule has 2 aromatic carbocycles. The largest absolute Gasteiger partial charge is 1.00 e. The summed E-state index contributed by atoms with van der Waals surface area (Å²) < 4.78 is 6.28. The van der Waals surface area contributed by atoms with Gasteiger partial charge in [0, 0.05) is 6.54 Å². The summed E-state index contributed by atoms with van der Waals surface area (Å²) in [4.78, 5) is 25.0. The number of carbonyl (C=O) groups excluding carboxylic acids is 1. The van der Waals surface area contributed by atoms with Crippen molar-refractivity contribution in [3.05, 3.63) is 64.6 Å². The maximum Gasteiger partial charge on any atom is 1.00 e. The molecule has 0 unspecified atom stereocenters. The van der Waals surface area contributed by atoms with Crippen LogP contribution in [0, 0.1) is 0 Å². The Morgan fingerprint density at radius 1 is 1.13 bits per heavy atom. The zero-order valence-corrected chi connectivity index (χ0v) is 21.7. The average molecular weight is 466 g/mol. The van der Waals surface area contributed by atoms with E-state index in [-0.39, 0.29) is 55.3 Å². The summed E-state index contributed by atoms with van der Waals surface area (Å²) in [6.45, 7) is 6.59. The van der Waals surface area contributed by atoms with Gasteiger partial charge in [0.1, 0.15) is 15.8 Å². The van der Waals surface area contributed by atoms with Crippen LogP contribution < -0.4 is 34.3 Å². The fourth-order valence-electron chi connectivity index (χ4n) is 2.84. The fraction of sp³-hybridized carbons (Fsp3) is 0.261. The molecule has 0 aliphatic carbocycles. The number of rotatable bonds is 6. The SMILES string of the molecule is CC(C)(C)c1ccc(Oc2ccc(/C=C3/SC(=S)N(CCC(=O)O)C3=O)cc2)cc1.[H-].[Na+]. The van der Waals surface area contributed by atoms with Crippen LogP contribution in [0.2, 0.25) is 0 Å². The number of thioether (sulfide) groups is 1. The molecule has 1 N–H and O–H groups in total. The molecule has 3 rings (SSSR count). The first-order valence-electron chi connectivity index (χ1n) is 9.49. The summed E-state index contributed by atoms with van der Waals surface area (Å²) in [5.74, 6) is 0.238. The molecule has 0 saturated carbocycles. The third kappa shape index (κ3) is 6.92. The number of amides is 1. The van der Waals surface area contributed by atoms with Crippen LogP contribution in [0.1, 0.15) is 39.7 Å².